The van der Waals surface area contributed by atoms with E-state index in [0.717, 1.165) is 0 Å². The molecular formula is C4H4CuO6. The molecule has 0 saturated heterocycles. The summed E-state index contributed by atoms with van der Waals surface area (Å²) in [5.41, 5.74) is 0. The topological polar surface area (TPSA) is 121 Å². The van der Waals surface area contributed by atoms with Crippen LogP contribution in [0.15, 0.2) is 0 Å². The van der Waals surface area contributed by atoms with Crippen molar-refractivity contribution in [1.29, 1.82) is 0 Å². The predicted octanol–water partition coefficient (Wildman–Crippen LogP) is -4.79. The number of carboxylic acids is 2. The van der Waals surface area contributed by atoms with Gasteiger partial charge < -0.3 is 30.0 Å². The van der Waals surface area contributed by atoms with Crippen LogP contribution in [0.3, 0.4) is 0 Å². The number of aliphatic hydroxyl groups is 2. The maximum absolute atomic E-state index is 9.63. The summed E-state index contributed by atoms with van der Waals surface area (Å²) >= 11 is 0. The van der Waals surface area contributed by atoms with Crippen molar-refractivity contribution in [2.75, 3.05) is 0 Å². The number of carboxylic acid groups (broad SMARTS) is 2. The Morgan fingerprint density at radius 1 is 1.00 bits per heavy atom. The fourth-order valence-corrected chi connectivity index (χ4v) is 0.258. The van der Waals surface area contributed by atoms with Gasteiger partial charge in [0.25, 0.3) is 0 Å². The van der Waals surface area contributed by atoms with Gasteiger partial charge in [0.05, 0.1) is 11.9 Å². The molecule has 2 N–H and O–H groups in total. The molecule has 0 amide bonds. The van der Waals surface area contributed by atoms with Gasteiger partial charge in [-0.1, -0.05) is 0 Å². The van der Waals surface area contributed by atoms with Crippen molar-refractivity contribution in [3.63, 3.8) is 0 Å². The number of carbonyl (C=O) groups excluding carboxylic acids is 2. The van der Waals surface area contributed by atoms with Gasteiger partial charge in [-0.05, 0) is 0 Å². The summed E-state index contributed by atoms with van der Waals surface area (Å²) in [6.45, 7) is 0. The Balaban J connectivity index is 0. The van der Waals surface area contributed by atoms with Crippen LogP contribution in [0.25, 0.3) is 0 Å². The first-order valence-electron chi connectivity index (χ1n) is 2.24. The Labute approximate surface area is 71.9 Å². The average Bonchev–Trinajstić information content (AvgIpc) is 1.84. The van der Waals surface area contributed by atoms with Gasteiger partial charge in [0, 0.05) is 0 Å². The average molecular weight is 212 g/mol. The van der Waals surface area contributed by atoms with Gasteiger partial charge in [-0.15, -0.1) is 0 Å². The van der Waals surface area contributed by atoms with E-state index >= 15 is 0 Å². The van der Waals surface area contributed by atoms with Gasteiger partial charge >= 0.3 is 17.1 Å². The summed E-state index contributed by atoms with van der Waals surface area (Å²) in [5, 5.41) is 35.7. The zero-order valence-electron chi connectivity index (χ0n) is 4.98. The number of carbonyl (C=O) groups is 2. The van der Waals surface area contributed by atoms with Crippen molar-refractivity contribution in [3.8, 4) is 0 Å². The smallest absolute Gasteiger partial charge is 0.547 e. The summed E-state index contributed by atoms with van der Waals surface area (Å²) in [4.78, 5) is 19.3. The molecule has 0 fully saturated rings. The van der Waals surface area contributed by atoms with Gasteiger partial charge in [-0.3, -0.25) is 0 Å². The van der Waals surface area contributed by atoms with E-state index in [4.69, 9.17) is 10.2 Å². The summed E-state index contributed by atoms with van der Waals surface area (Å²) in [7, 11) is 0. The molecule has 0 saturated carbocycles. The third-order valence-electron chi connectivity index (χ3n) is 0.782. The summed E-state index contributed by atoms with van der Waals surface area (Å²) < 4.78 is 0. The Morgan fingerprint density at radius 3 is 1.27 bits per heavy atom. The molecule has 1 radical (unpaired) electrons. The Kier molecular flexibility index (Phi) is 6.01. The minimum Gasteiger partial charge on any atom is -0.547 e. The van der Waals surface area contributed by atoms with E-state index in [1.807, 2.05) is 0 Å². The van der Waals surface area contributed by atoms with Gasteiger partial charge in [0.1, 0.15) is 12.2 Å². The minimum atomic E-state index is -2.44. The molecule has 0 spiro atoms. The molecule has 67 valence electrons. The molecule has 0 aromatic rings. The van der Waals surface area contributed by atoms with E-state index in [2.05, 4.69) is 0 Å². The Morgan fingerprint density at radius 2 is 1.18 bits per heavy atom. The van der Waals surface area contributed by atoms with E-state index < -0.39 is 24.1 Å². The SMILES string of the molecule is O=C([O-])[C@H](O)[C@@H](O)C(=O)[O-].[Cu+2]. The van der Waals surface area contributed by atoms with Crippen molar-refractivity contribution < 1.29 is 47.1 Å². The zero-order valence-corrected chi connectivity index (χ0v) is 5.93. The maximum Gasteiger partial charge on any atom is 2.00 e. The van der Waals surface area contributed by atoms with E-state index in [1.165, 1.54) is 0 Å². The maximum atomic E-state index is 9.63. The van der Waals surface area contributed by atoms with Crippen molar-refractivity contribution in [3.05, 3.63) is 0 Å². The molecule has 2 atom stereocenters. The number of aliphatic hydroxyl groups excluding tert-OH is 2. The monoisotopic (exact) mass is 211 g/mol. The second kappa shape index (κ2) is 5.09. The molecule has 0 aromatic heterocycles. The largest absolute Gasteiger partial charge is 2.00 e. The number of hydrogen-bond acceptors (Lipinski definition) is 6. The predicted molar refractivity (Wildman–Crippen MR) is 22.0 cm³/mol. The first kappa shape index (κ1) is 13.0. The van der Waals surface area contributed by atoms with Crippen molar-refractivity contribution >= 4 is 11.9 Å². The van der Waals surface area contributed by atoms with E-state index in [9.17, 15) is 19.8 Å². The molecule has 0 rings (SSSR count). The van der Waals surface area contributed by atoms with Crippen LogP contribution in [0, 0.1) is 0 Å². The molecule has 11 heavy (non-hydrogen) atoms. The van der Waals surface area contributed by atoms with Crippen LogP contribution in [0.2, 0.25) is 0 Å². The van der Waals surface area contributed by atoms with Crippen LogP contribution in [-0.4, -0.2) is 34.4 Å². The van der Waals surface area contributed by atoms with Gasteiger partial charge in [0.2, 0.25) is 0 Å². The summed E-state index contributed by atoms with van der Waals surface area (Å²) in [6.07, 6.45) is -4.88. The van der Waals surface area contributed by atoms with E-state index in [-0.39, 0.29) is 17.1 Å². The standard InChI is InChI=1S/C4H6O6.Cu/c5-1(3(7)8)2(6)4(9)10;/h1-2,5-6H,(H,7,8)(H,9,10);/q;+2/p-2/t1-,2-;/m1./s1. The van der Waals surface area contributed by atoms with Crippen molar-refractivity contribution in [2.24, 2.45) is 0 Å². The first-order chi connectivity index (χ1) is 4.46. The molecule has 0 aliphatic heterocycles. The van der Waals surface area contributed by atoms with Crippen LogP contribution in [-0.2, 0) is 26.7 Å². The van der Waals surface area contributed by atoms with Gasteiger partial charge in [-0.2, -0.15) is 0 Å². The first-order valence-corrected chi connectivity index (χ1v) is 2.24. The minimum absolute atomic E-state index is 0. The van der Waals surface area contributed by atoms with E-state index in [1.54, 1.807) is 0 Å². The van der Waals surface area contributed by atoms with Crippen LogP contribution >= 0.6 is 0 Å². The number of aliphatic carboxylic acids is 2. The van der Waals surface area contributed by atoms with Crippen molar-refractivity contribution in [2.45, 2.75) is 12.2 Å². The van der Waals surface area contributed by atoms with Crippen LogP contribution in [0.4, 0.5) is 0 Å². The molecule has 7 heteroatoms. The summed E-state index contributed by atoms with van der Waals surface area (Å²) in [6, 6.07) is 0. The molecule has 0 unspecified atom stereocenters. The third-order valence-corrected chi connectivity index (χ3v) is 0.782. The molecule has 0 aromatic carbocycles. The fraction of sp³-hybridized carbons (Fsp3) is 0.500. The molecule has 0 heterocycles. The third kappa shape index (κ3) is 3.94. The quantitative estimate of drug-likeness (QED) is 0.452. The van der Waals surface area contributed by atoms with Crippen LogP contribution < -0.4 is 10.2 Å². The van der Waals surface area contributed by atoms with Crippen LogP contribution in [0.1, 0.15) is 0 Å². The Bertz CT molecular complexity index is 139. The fourth-order valence-electron chi connectivity index (χ4n) is 0.258. The Hall–Kier alpha value is -0.621. The molecular weight excluding hydrogens is 208 g/mol. The number of rotatable bonds is 3. The second-order valence-corrected chi connectivity index (χ2v) is 1.53. The normalized spacial score (nSPS) is 14.4. The molecule has 0 aliphatic rings. The zero-order chi connectivity index (χ0) is 8.31. The number of hydrogen-bond donors (Lipinski definition) is 2. The second-order valence-electron chi connectivity index (χ2n) is 1.53. The van der Waals surface area contributed by atoms with Crippen molar-refractivity contribution in [1.82, 2.24) is 0 Å². The molecule has 6 nitrogen and oxygen atoms in total. The molecule has 0 aliphatic carbocycles. The van der Waals surface area contributed by atoms with Gasteiger partial charge in [-0.25, -0.2) is 0 Å². The van der Waals surface area contributed by atoms with E-state index in [0.29, 0.717) is 0 Å². The molecule has 0 bridgehead atoms. The van der Waals surface area contributed by atoms with Crippen LogP contribution in [0.5, 0.6) is 0 Å². The van der Waals surface area contributed by atoms with Gasteiger partial charge in [0.15, 0.2) is 0 Å². The summed E-state index contributed by atoms with van der Waals surface area (Å²) in [5.74, 6) is -4.12.